The molecule has 1 aromatic carbocycles. The van der Waals surface area contributed by atoms with Gasteiger partial charge in [-0.25, -0.2) is 4.79 Å². The van der Waals surface area contributed by atoms with Crippen molar-refractivity contribution in [3.8, 4) is 0 Å². The summed E-state index contributed by atoms with van der Waals surface area (Å²) in [6.07, 6.45) is 1.05. The normalized spacial score (nSPS) is 28.7. The Balaban J connectivity index is 1.81. The number of nitrogens with zero attached hydrogens (tertiary/aromatic N) is 2. The van der Waals surface area contributed by atoms with Gasteiger partial charge in [-0.3, -0.25) is 4.90 Å². The summed E-state index contributed by atoms with van der Waals surface area (Å²) in [4.78, 5) is 26.7. The fraction of sp³-hybridized carbons (Fsp3) is 0.500. The van der Waals surface area contributed by atoms with E-state index >= 15 is 0 Å². The smallest absolute Gasteiger partial charge is 0.342 e. The van der Waals surface area contributed by atoms with E-state index in [4.69, 9.17) is 16.3 Å². The number of piperazine rings is 1. The van der Waals surface area contributed by atoms with Crippen LogP contribution < -0.4 is 5.11 Å². The van der Waals surface area contributed by atoms with Crippen molar-refractivity contribution >= 4 is 47.1 Å². The molecule has 2 saturated heterocycles. The predicted octanol–water partition coefficient (Wildman–Crippen LogP) is 2.28. The van der Waals surface area contributed by atoms with Gasteiger partial charge >= 0.3 is 5.97 Å². The molecule has 9 heteroatoms. The number of carboxylic acid groups (broad SMARTS) is 1. The molecule has 2 fully saturated rings. The zero-order valence-corrected chi connectivity index (χ0v) is 19.1. The van der Waals surface area contributed by atoms with Crippen molar-refractivity contribution in [2.45, 2.75) is 30.7 Å². The molecule has 158 valence electrons. The summed E-state index contributed by atoms with van der Waals surface area (Å²) in [5, 5.41) is 12.7. The number of benzene rings is 1. The van der Waals surface area contributed by atoms with Gasteiger partial charge in [-0.2, -0.15) is 0 Å². The van der Waals surface area contributed by atoms with Crippen LogP contribution in [-0.4, -0.2) is 65.8 Å². The molecule has 6 nitrogen and oxygen atoms in total. The fourth-order valence-corrected chi connectivity index (χ4v) is 7.43. The zero-order chi connectivity index (χ0) is 21.2. The van der Waals surface area contributed by atoms with Gasteiger partial charge in [0.15, 0.2) is 5.37 Å². The Morgan fingerprint density at radius 2 is 2.00 bits per heavy atom. The number of ether oxygens (including phenoxy) is 1. The van der Waals surface area contributed by atoms with E-state index in [9.17, 15) is 14.7 Å². The Kier molecular flexibility index (Phi) is 7.22. The van der Waals surface area contributed by atoms with Gasteiger partial charge < -0.3 is 19.1 Å². The summed E-state index contributed by atoms with van der Waals surface area (Å²) in [5.74, 6) is -2.35. The topological polar surface area (TPSA) is 69.7 Å². The second-order valence-electron chi connectivity index (χ2n) is 7.58. The number of hydrogen-bond donors (Lipinski definition) is 0. The van der Waals surface area contributed by atoms with Crippen LogP contribution in [0.4, 0.5) is 0 Å². The highest BCUT2D eigenvalue weighted by atomic mass is 35.5. The third kappa shape index (κ3) is 4.94. The largest absolute Gasteiger partial charge is 0.544 e. The Bertz CT molecular complexity index is 817. The first-order valence-electron chi connectivity index (χ1n) is 9.50. The molecule has 0 amide bonds. The van der Waals surface area contributed by atoms with E-state index in [0.717, 1.165) is 36.1 Å². The number of hydrogen-bond acceptors (Lipinski definition) is 7. The Morgan fingerprint density at radius 3 is 2.62 bits per heavy atom. The number of fused-ring (bicyclic) bond motifs is 1. The molecule has 0 N–H and O–H groups in total. The highest BCUT2D eigenvalue weighted by Gasteiger charge is 2.51. The monoisotopic (exact) mass is 456 g/mol. The fourth-order valence-electron chi connectivity index (χ4n) is 3.67. The average molecular weight is 457 g/mol. The van der Waals surface area contributed by atoms with Crippen molar-refractivity contribution in [1.82, 2.24) is 4.90 Å². The molecule has 0 spiro atoms. The summed E-state index contributed by atoms with van der Waals surface area (Å²) in [6, 6.07) is 6.85. The van der Waals surface area contributed by atoms with Gasteiger partial charge in [-0.1, -0.05) is 54.2 Å². The molecular formula is C20H25ClN2O4S2. The van der Waals surface area contributed by atoms with Crippen LogP contribution in [0.15, 0.2) is 34.1 Å². The van der Waals surface area contributed by atoms with Crippen molar-refractivity contribution in [3.63, 3.8) is 0 Å². The van der Waals surface area contributed by atoms with Gasteiger partial charge in [-0.05, 0) is 31.2 Å². The minimum Gasteiger partial charge on any atom is -0.544 e. The van der Waals surface area contributed by atoms with Crippen LogP contribution in [0.3, 0.4) is 0 Å². The molecule has 0 bridgehead atoms. The number of quaternary nitrogens is 1. The lowest BCUT2D eigenvalue weighted by Gasteiger charge is -2.47. The zero-order valence-electron chi connectivity index (χ0n) is 16.7. The van der Waals surface area contributed by atoms with Crippen molar-refractivity contribution < 1.29 is 23.9 Å². The molecule has 3 unspecified atom stereocenters. The summed E-state index contributed by atoms with van der Waals surface area (Å²) in [6.45, 7) is 5.07. The first-order valence-corrected chi connectivity index (χ1v) is 11.6. The third-order valence-electron chi connectivity index (χ3n) is 5.34. The maximum absolute atomic E-state index is 12.6. The first kappa shape index (κ1) is 22.5. The molecule has 0 aliphatic carbocycles. The van der Waals surface area contributed by atoms with Crippen LogP contribution in [0.5, 0.6) is 0 Å². The van der Waals surface area contributed by atoms with Crippen LogP contribution in [0.25, 0.3) is 0 Å². The molecule has 0 saturated carbocycles. The number of rotatable bonds is 6. The third-order valence-corrected chi connectivity index (χ3v) is 9.05. The van der Waals surface area contributed by atoms with Crippen LogP contribution >= 0.6 is 35.1 Å². The maximum Gasteiger partial charge on any atom is 0.342 e. The lowest BCUT2D eigenvalue weighted by molar-refractivity contribution is -0.924. The van der Waals surface area contributed by atoms with E-state index in [2.05, 4.69) is 18.9 Å². The van der Waals surface area contributed by atoms with Gasteiger partial charge in [0, 0.05) is 11.6 Å². The molecule has 3 rings (SSSR count). The van der Waals surface area contributed by atoms with E-state index in [1.807, 2.05) is 7.05 Å². The summed E-state index contributed by atoms with van der Waals surface area (Å²) in [5.41, 5.74) is 0.359. The highest BCUT2D eigenvalue weighted by molar-refractivity contribution is 8.25. The number of carboxylic acids is 1. The number of likely N-dealkylation sites (N-methyl/N-ethyl adjacent to an activating group) is 2. The van der Waals surface area contributed by atoms with Crippen LogP contribution in [-0.2, 0) is 20.9 Å². The van der Waals surface area contributed by atoms with E-state index in [1.54, 1.807) is 24.3 Å². The van der Waals surface area contributed by atoms with Crippen molar-refractivity contribution in [2.75, 3.05) is 33.7 Å². The van der Waals surface area contributed by atoms with E-state index in [0.29, 0.717) is 9.26 Å². The first-order chi connectivity index (χ1) is 13.7. The minimum absolute atomic E-state index is 0.0221. The molecule has 0 radical (unpaired) electrons. The molecule has 3 atom stereocenters. The van der Waals surface area contributed by atoms with Crippen LogP contribution in [0.2, 0.25) is 5.02 Å². The average Bonchev–Trinajstić information content (AvgIpc) is 3.11. The number of carbonyl (C=O) groups is 2. The van der Waals surface area contributed by atoms with Gasteiger partial charge in [0.1, 0.15) is 17.6 Å². The van der Waals surface area contributed by atoms with Crippen LogP contribution in [0.1, 0.15) is 18.9 Å². The predicted molar refractivity (Wildman–Crippen MR) is 115 cm³/mol. The summed E-state index contributed by atoms with van der Waals surface area (Å²) in [7, 11) is 4.25. The minimum atomic E-state index is -1.49. The second kappa shape index (κ2) is 9.31. The van der Waals surface area contributed by atoms with Crippen molar-refractivity contribution in [2.24, 2.45) is 0 Å². The number of aliphatic carboxylic acids is 1. The van der Waals surface area contributed by atoms with E-state index < -0.39 is 11.9 Å². The lowest BCUT2D eigenvalue weighted by Crippen LogP contribution is -2.64. The highest BCUT2D eigenvalue weighted by Crippen LogP contribution is 2.53. The van der Waals surface area contributed by atoms with Crippen molar-refractivity contribution in [3.05, 3.63) is 44.7 Å². The van der Waals surface area contributed by atoms with E-state index in [1.165, 1.54) is 23.5 Å². The second-order valence-corrected chi connectivity index (χ2v) is 10.5. The van der Waals surface area contributed by atoms with Gasteiger partial charge in [0.05, 0.1) is 30.3 Å². The summed E-state index contributed by atoms with van der Waals surface area (Å²) >= 11 is 8.76. The van der Waals surface area contributed by atoms with Gasteiger partial charge in [0.2, 0.25) is 0 Å². The van der Waals surface area contributed by atoms with E-state index in [-0.39, 0.29) is 22.9 Å². The van der Waals surface area contributed by atoms with Gasteiger partial charge in [0.25, 0.3) is 0 Å². The molecule has 29 heavy (non-hydrogen) atoms. The number of halogens is 1. The lowest BCUT2D eigenvalue weighted by atomic mass is 10.2. The number of thioether (sulfide) groups is 2. The van der Waals surface area contributed by atoms with Gasteiger partial charge in [-0.15, -0.1) is 0 Å². The molecule has 2 heterocycles. The number of carbonyl (C=O) groups excluding carboxylic acids is 2. The molecule has 1 aromatic rings. The standard InChI is InChI=1S/C20H25ClN2O4S2/c1-4-10-23(3)11-9-22(2)16-17(23)29-20(28-16)15(18(24)25)19(26)27-12-13-5-7-14(21)8-6-13/h5-8,16-17H,4,9-12H2,1-3H3. The SMILES string of the molecule is CCC[N+]1(C)CCN(C)C2SC(=C(C(=O)[O-])C(=O)OCc3ccc(Cl)cc3)SC21. The Hall–Kier alpha value is -1.19. The molecule has 2 aliphatic rings. The summed E-state index contributed by atoms with van der Waals surface area (Å²) < 4.78 is 6.61. The molecule has 2 aliphatic heterocycles. The Morgan fingerprint density at radius 1 is 1.31 bits per heavy atom. The van der Waals surface area contributed by atoms with Crippen molar-refractivity contribution in [1.29, 1.82) is 0 Å². The number of esters is 1. The molecule has 0 aromatic heterocycles. The Labute approximate surface area is 184 Å². The van der Waals surface area contributed by atoms with Crippen LogP contribution in [0, 0.1) is 0 Å². The molecular weight excluding hydrogens is 432 g/mol. The maximum atomic E-state index is 12.6. The quantitative estimate of drug-likeness (QED) is 0.214.